The fourth-order valence-electron chi connectivity index (χ4n) is 5.32. The first-order valence-corrected chi connectivity index (χ1v) is 14.0. The number of fused-ring (bicyclic) bond motifs is 1. The molecule has 0 amide bonds. The molecule has 2 aromatic heterocycles. The van der Waals surface area contributed by atoms with Crippen molar-refractivity contribution < 1.29 is 23.1 Å². The number of ether oxygens (including phenoxy) is 1. The Morgan fingerprint density at radius 3 is 2.65 bits per heavy atom. The molecule has 0 radical (unpaired) electrons. The first kappa shape index (κ1) is 25.0. The fraction of sp³-hybridized carbons (Fsp3) is 0.333. The van der Waals surface area contributed by atoms with Crippen LogP contribution >= 0.6 is 0 Å². The molecule has 1 saturated heterocycles. The Bertz CT molecular complexity index is 1560. The van der Waals surface area contributed by atoms with E-state index in [0.29, 0.717) is 13.0 Å². The molecule has 1 aliphatic rings. The van der Waals surface area contributed by atoms with E-state index in [1.165, 1.54) is 12.5 Å². The van der Waals surface area contributed by atoms with Crippen LogP contribution in [0.25, 0.3) is 10.9 Å². The van der Waals surface area contributed by atoms with Crippen molar-refractivity contribution in [2.24, 2.45) is 0 Å². The van der Waals surface area contributed by atoms with Crippen LogP contribution in [0.1, 0.15) is 52.0 Å². The number of benzene rings is 2. The SMILES string of the molecule is COc1cc(C)c2[nH]ccc2c1CN1CCC(n2cc(S(C)(=O)=O)cn2)C[C@H]1c1ccc(C(=O)O)cc1. The van der Waals surface area contributed by atoms with Crippen molar-refractivity contribution in [3.63, 3.8) is 0 Å². The number of rotatable bonds is 7. The summed E-state index contributed by atoms with van der Waals surface area (Å²) in [6.45, 7) is 3.44. The molecule has 37 heavy (non-hydrogen) atoms. The molecule has 1 fully saturated rings. The number of hydrogen-bond acceptors (Lipinski definition) is 6. The summed E-state index contributed by atoms with van der Waals surface area (Å²) in [4.78, 5) is 17.3. The van der Waals surface area contributed by atoms with E-state index in [0.717, 1.165) is 46.3 Å². The largest absolute Gasteiger partial charge is 0.496 e. The second-order valence-corrected chi connectivity index (χ2v) is 11.7. The highest BCUT2D eigenvalue weighted by molar-refractivity contribution is 7.90. The summed E-state index contributed by atoms with van der Waals surface area (Å²) >= 11 is 0. The van der Waals surface area contributed by atoms with Gasteiger partial charge in [0.05, 0.1) is 24.9 Å². The van der Waals surface area contributed by atoms with Crippen LogP contribution in [-0.2, 0) is 16.4 Å². The quantitative estimate of drug-likeness (QED) is 0.370. The van der Waals surface area contributed by atoms with Gasteiger partial charge in [0.15, 0.2) is 9.84 Å². The van der Waals surface area contributed by atoms with Gasteiger partial charge >= 0.3 is 5.97 Å². The molecular weight excluding hydrogens is 492 g/mol. The number of sulfone groups is 1. The number of aromatic carboxylic acids is 1. The third-order valence-electron chi connectivity index (χ3n) is 7.30. The normalized spacial score (nSPS) is 18.8. The van der Waals surface area contributed by atoms with Crippen LogP contribution in [0, 0.1) is 6.92 Å². The molecule has 194 valence electrons. The van der Waals surface area contributed by atoms with Crippen LogP contribution in [0.3, 0.4) is 0 Å². The standard InChI is InChI=1S/C27H30N4O5S/c1-17-12-25(36-2)23(22-8-10-28-26(17)22)16-30-11-9-20(31-15-21(14-29-31)37(3,34)35)13-24(30)18-4-6-19(7-5-18)27(32)33/h4-8,10,12,14-15,20,24,28H,9,11,13,16H2,1-3H3,(H,32,33)/t20?,24-/m0/s1. The Hall–Kier alpha value is -3.63. The number of aryl methyl sites for hydroxylation is 1. The predicted molar refractivity (Wildman–Crippen MR) is 140 cm³/mol. The van der Waals surface area contributed by atoms with E-state index in [4.69, 9.17) is 4.74 Å². The smallest absolute Gasteiger partial charge is 0.335 e. The molecule has 1 aliphatic heterocycles. The predicted octanol–water partition coefficient (Wildman–Crippen LogP) is 4.36. The van der Waals surface area contributed by atoms with E-state index in [1.54, 1.807) is 30.1 Å². The summed E-state index contributed by atoms with van der Waals surface area (Å²) in [5.41, 5.74) is 4.52. The molecule has 10 heteroatoms. The summed E-state index contributed by atoms with van der Waals surface area (Å²) in [5, 5.41) is 14.8. The topological polar surface area (TPSA) is 118 Å². The van der Waals surface area contributed by atoms with Gasteiger partial charge in [-0.05, 0) is 55.2 Å². The van der Waals surface area contributed by atoms with Crippen molar-refractivity contribution in [2.45, 2.75) is 43.3 Å². The minimum absolute atomic E-state index is 0.00286. The van der Waals surface area contributed by atoms with Gasteiger partial charge < -0.3 is 14.8 Å². The minimum atomic E-state index is -3.34. The van der Waals surface area contributed by atoms with Crippen molar-refractivity contribution >= 4 is 26.7 Å². The average molecular weight is 523 g/mol. The zero-order valence-electron chi connectivity index (χ0n) is 21.0. The maximum atomic E-state index is 12.0. The molecule has 2 atom stereocenters. The molecule has 3 heterocycles. The van der Waals surface area contributed by atoms with Gasteiger partial charge in [-0.15, -0.1) is 0 Å². The van der Waals surface area contributed by atoms with Crippen LogP contribution in [0.2, 0.25) is 0 Å². The van der Waals surface area contributed by atoms with Gasteiger partial charge in [0.25, 0.3) is 0 Å². The van der Waals surface area contributed by atoms with Crippen molar-refractivity contribution in [3.05, 3.63) is 77.2 Å². The molecule has 9 nitrogen and oxygen atoms in total. The Kier molecular flexibility index (Phi) is 6.55. The van der Waals surface area contributed by atoms with Gasteiger partial charge in [0, 0.05) is 54.2 Å². The number of likely N-dealkylation sites (tertiary alicyclic amines) is 1. The minimum Gasteiger partial charge on any atom is -0.496 e. The van der Waals surface area contributed by atoms with E-state index in [1.807, 2.05) is 24.4 Å². The summed E-state index contributed by atoms with van der Waals surface area (Å²) in [7, 11) is -1.66. The van der Waals surface area contributed by atoms with Crippen LogP contribution in [0.5, 0.6) is 5.75 Å². The number of nitrogens with zero attached hydrogens (tertiary/aromatic N) is 3. The first-order valence-electron chi connectivity index (χ1n) is 12.1. The van der Waals surface area contributed by atoms with Crippen molar-refractivity contribution in [2.75, 3.05) is 19.9 Å². The molecule has 0 saturated carbocycles. The Labute approximate surface area is 215 Å². The number of H-pyrrole nitrogens is 1. The number of piperidine rings is 1. The monoisotopic (exact) mass is 522 g/mol. The number of hydrogen-bond donors (Lipinski definition) is 2. The lowest BCUT2D eigenvalue weighted by molar-refractivity contribution is 0.0696. The Morgan fingerprint density at radius 1 is 1.24 bits per heavy atom. The zero-order valence-corrected chi connectivity index (χ0v) is 21.8. The summed E-state index contributed by atoms with van der Waals surface area (Å²) in [6, 6.07) is 11.1. The lowest BCUT2D eigenvalue weighted by Gasteiger charge is -2.40. The second kappa shape index (κ2) is 9.68. The number of carboxylic acids is 1. The van der Waals surface area contributed by atoms with E-state index in [9.17, 15) is 18.3 Å². The van der Waals surface area contributed by atoms with Gasteiger partial charge in [0.1, 0.15) is 10.6 Å². The molecule has 0 spiro atoms. The lowest BCUT2D eigenvalue weighted by Crippen LogP contribution is -2.37. The number of methoxy groups -OCH3 is 1. The van der Waals surface area contributed by atoms with E-state index in [-0.39, 0.29) is 22.5 Å². The van der Waals surface area contributed by atoms with Crippen molar-refractivity contribution in [3.8, 4) is 5.75 Å². The second-order valence-electron chi connectivity index (χ2n) is 9.66. The Morgan fingerprint density at radius 2 is 2.00 bits per heavy atom. The van der Waals surface area contributed by atoms with Crippen LogP contribution in [0.15, 0.2) is 59.9 Å². The molecule has 2 aromatic carbocycles. The summed E-state index contributed by atoms with van der Waals surface area (Å²) in [6.07, 6.45) is 7.61. The van der Waals surface area contributed by atoms with E-state index in [2.05, 4.69) is 28.0 Å². The van der Waals surface area contributed by atoms with Crippen LogP contribution in [-0.4, -0.2) is 59.1 Å². The number of carboxylic acid groups (broad SMARTS) is 1. The fourth-order valence-corrected chi connectivity index (χ4v) is 5.85. The first-order chi connectivity index (χ1) is 17.7. The highest BCUT2D eigenvalue weighted by Gasteiger charge is 2.32. The van der Waals surface area contributed by atoms with Crippen molar-refractivity contribution in [1.29, 1.82) is 0 Å². The maximum absolute atomic E-state index is 12.0. The molecule has 0 aliphatic carbocycles. The molecule has 0 bridgehead atoms. The highest BCUT2D eigenvalue weighted by atomic mass is 32.2. The van der Waals surface area contributed by atoms with Gasteiger partial charge in [-0.25, -0.2) is 13.2 Å². The number of carbonyl (C=O) groups is 1. The van der Waals surface area contributed by atoms with Gasteiger partial charge in [-0.3, -0.25) is 9.58 Å². The zero-order chi connectivity index (χ0) is 26.3. The van der Waals surface area contributed by atoms with Gasteiger partial charge in [0.2, 0.25) is 0 Å². The maximum Gasteiger partial charge on any atom is 0.335 e. The van der Waals surface area contributed by atoms with E-state index < -0.39 is 15.8 Å². The highest BCUT2D eigenvalue weighted by Crippen LogP contribution is 2.40. The third-order valence-corrected chi connectivity index (χ3v) is 8.37. The summed E-state index contributed by atoms with van der Waals surface area (Å²) < 4.78 is 31.5. The average Bonchev–Trinajstić information content (AvgIpc) is 3.56. The van der Waals surface area contributed by atoms with E-state index >= 15 is 0 Å². The number of aromatic amines is 1. The van der Waals surface area contributed by atoms with Gasteiger partial charge in [-0.2, -0.15) is 5.10 Å². The van der Waals surface area contributed by atoms with Crippen LogP contribution < -0.4 is 4.74 Å². The van der Waals surface area contributed by atoms with Crippen molar-refractivity contribution in [1.82, 2.24) is 19.7 Å². The lowest BCUT2D eigenvalue weighted by atomic mass is 9.90. The molecule has 4 aromatic rings. The third kappa shape index (κ3) is 4.86. The molecular formula is C27H30N4O5S. The molecule has 5 rings (SSSR count). The molecule has 2 N–H and O–H groups in total. The Balaban J connectivity index is 1.51. The molecule has 1 unspecified atom stereocenters. The van der Waals surface area contributed by atoms with Crippen LogP contribution in [0.4, 0.5) is 0 Å². The number of aromatic nitrogens is 3. The summed E-state index contributed by atoms with van der Waals surface area (Å²) in [5.74, 6) is -0.134. The number of nitrogens with one attached hydrogen (secondary N) is 1. The van der Waals surface area contributed by atoms with Gasteiger partial charge in [-0.1, -0.05) is 12.1 Å².